The maximum absolute atomic E-state index is 13.6. The minimum Gasteiger partial charge on any atom is -0.465 e. The Hall–Kier alpha value is -5.32. The zero-order valence-electron chi connectivity index (χ0n) is 42.2. The number of fused-ring (bicyclic) bond motifs is 2. The van der Waals surface area contributed by atoms with Gasteiger partial charge in [0.05, 0.1) is 7.11 Å². The summed E-state index contributed by atoms with van der Waals surface area (Å²) in [5.41, 5.74) is -23.8. The van der Waals surface area contributed by atoms with Gasteiger partial charge in [0.25, 0.3) is 11.2 Å². The van der Waals surface area contributed by atoms with E-state index in [9.17, 15) is 151 Å². The van der Waals surface area contributed by atoms with Gasteiger partial charge in [-0.2, -0.15) is 137 Å². The van der Waals surface area contributed by atoms with Gasteiger partial charge in [-0.25, -0.2) is 14.4 Å². The van der Waals surface area contributed by atoms with Crippen LogP contribution in [-0.2, 0) is 28.6 Å². The molecule has 484 valence electrons. The minimum absolute atomic E-state index is 0.0915. The first kappa shape index (κ1) is 79.7. The van der Waals surface area contributed by atoms with Crippen molar-refractivity contribution in [2.75, 3.05) is 7.11 Å². The molecule has 39 heteroatoms. The first-order chi connectivity index (χ1) is 36.2. The maximum atomic E-state index is 13.6. The second-order valence-electron chi connectivity index (χ2n) is 18.9. The molecule has 3 rings (SSSR count). The Morgan fingerprint density at radius 1 is 0.470 bits per heavy atom. The molecule has 3 aliphatic rings. The molecule has 0 aromatic heterocycles. The standard InChI is InChI=1S/C16H13F15O3.C11H14F6O.C8H11F3O2.C5H5F3O2.C4H2F3N/c1-6(12(17,18)19)9(32)34-11(15(26,27)28,16(29,30)31)8-4-2-7(3-5-8)10(33,13(20,21)22)14(23,24)25;12-10(13,14)9(18,11(15,16)17)5-8-4-6-1-2-7(8)3-6;1-5(8(9,10)11)6(12)13-7(2,3)4;1-3(4(9)10-2)5(6,7)8;1-3(2-8)4(5,6)7/h7-8,33H,1-5H2;6-8,18H,1-5H2;1H2,2-4H3;1H2,2H3;1H2. The number of aliphatic hydroxyl groups is 2. The van der Waals surface area contributed by atoms with E-state index in [1.807, 2.05) is 6.58 Å². The van der Waals surface area contributed by atoms with Gasteiger partial charge in [-0.3, -0.25) is 0 Å². The van der Waals surface area contributed by atoms with Gasteiger partial charge in [-0.15, -0.1) is 0 Å². The highest BCUT2D eigenvalue weighted by atomic mass is 19.5. The number of nitrogens with zero attached hydrogens (tertiary/aromatic N) is 1. The first-order valence-electron chi connectivity index (χ1n) is 22.1. The summed E-state index contributed by atoms with van der Waals surface area (Å²) in [5.74, 6) is -12.7. The fraction of sp³-hybridized carbons (Fsp3) is 0.727. The van der Waals surface area contributed by atoms with Crippen LogP contribution < -0.4 is 0 Å². The molecule has 3 saturated carbocycles. The fourth-order valence-electron chi connectivity index (χ4n) is 7.84. The van der Waals surface area contributed by atoms with Crippen LogP contribution >= 0.6 is 0 Å². The van der Waals surface area contributed by atoms with Crippen molar-refractivity contribution in [3.63, 3.8) is 0 Å². The molecule has 2 N–H and O–H groups in total. The number of hydrogen-bond donors (Lipinski definition) is 2. The lowest BCUT2D eigenvalue weighted by molar-refractivity contribution is -0.399. The molecule has 0 amide bonds. The largest absolute Gasteiger partial charge is 0.465 e. The summed E-state index contributed by atoms with van der Waals surface area (Å²) in [7, 11) is 0.860. The van der Waals surface area contributed by atoms with E-state index < -0.39 is 174 Å². The number of rotatable bonds is 8. The third-order valence-corrected chi connectivity index (χ3v) is 12.1. The summed E-state index contributed by atoms with van der Waals surface area (Å²) < 4.78 is 387. The molecule has 0 radical (unpaired) electrons. The highest BCUT2D eigenvalue weighted by Gasteiger charge is 2.79. The second kappa shape index (κ2) is 26.9. The predicted molar refractivity (Wildman–Crippen MR) is 218 cm³/mol. The quantitative estimate of drug-likeness (QED) is 0.0798. The van der Waals surface area contributed by atoms with Crippen LogP contribution in [0.4, 0.5) is 132 Å². The average Bonchev–Trinajstić information content (AvgIpc) is 3.89. The van der Waals surface area contributed by atoms with Crippen molar-refractivity contribution in [2.24, 2.45) is 29.6 Å². The number of hydrogen-bond acceptors (Lipinski definition) is 9. The van der Waals surface area contributed by atoms with Gasteiger partial charge >= 0.3 is 85.3 Å². The van der Waals surface area contributed by atoms with Crippen molar-refractivity contribution in [3.8, 4) is 6.07 Å². The highest BCUT2D eigenvalue weighted by molar-refractivity contribution is 5.90. The maximum Gasteiger partial charge on any atom is 0.437 e. The Balaban J connectivity index is 0. The van der Waals surface area contributed by atoms with Crippen molar-refractivity contribution < 1.29 is 171 Å². The molecule has 0 aromatic rings. The predicted octanol–water partition coefficient (Wildman–Crippen LogP) is 15.2. The number of carbonyl (C=O) groups excluding carboxylic acids is 3. The summed E-state index contributed by atoms with van der Waals surface area (Å²) >= 11 is 0. The molecule has 0 spiro atoms. The van der Waals surface area contributed by atoms with Crippen LogP contribution in [0.3, 0.4) is 0 Å². The molecule has 3 fully saturated rings. The molecule has 9 nitrogen and oxygen atoms in total. The minimum atomic E-state index is -6.70. The van der Waals surface area contributed by atoms with E-state index in [-0.39, 0.29) is 11.8 Å². The first-order valence-corrected chi connectivity index (χ1v) is 22.1. The van der Waals surface area contributed by atoms with Crippen molar-refractivity contribution in [1.29, 1.82) is 5.26 Å². The van der Waals surface area contributed by atoms with E-state index >= 15 is 0 Å². The summed E-state index contributed by atoms with van der Waals surface area (Å²) in [6, 6.07) is 0.885. The molecular formula is C44H45F30NO8. The van der Waals surface area contributed by atoms with Gasteiger partial charge in [0, 0.05) is 11.8 Å². The van der Waals surface area contributed by atoms with Crippen LogP contribution in [0.25, 0.3) is 0 Å². The lowest BCUT2D eigenvalue weighted by atomic mass is 9.67. The summed E-state index contributed by atoms with van der Waals surface area (Å²) in [4.78, 5) is 32.3. The monoisotopic (exact) mass is 1290 g/mol. The van der Waals surface area contributed by atoms with Crippen LogP contribution in [0.1, 0.15) is 78.6 Å². The highest BCUT2D eigenvalue weighted by Crippen LogP contribution is 2.59. The zero-order valence-corrected chi connectivity index (χ0v) is 42.2. The third kappa shape index (κ3) is 21.0. The molecule has 3 atom stereocenters. The molecule has 0 aromatic carbocycles. The van der Waals surface area contributed by atoms with E-state index in [2.05, 4.69) is 33.9 Å². The molecule has 3 aliphatic carbocycles. The van der Waals surface area contributed by atoms with Crippen LogP contribution in [0.5, 0.6) is 0 Å². The second-order valence-corrected chi connectivity index (χ2v) is 18.9. The third-order valence-electron chi connectivity index (χ3n) is 12.1. The summed E-state index contributed by atoms with van der Waals surface area (Å²) in [6.45, 7) is 14.0. The van der Waals surface area contributed by atoms with Gasteiger partial charge in [0.2, 0.25) is 0 Å². The topological polar surface area (TPSA) is 143 Å². The number of alkyl halides is 30. The summed E-state index contributed by atoms with van der Waals surface area (Å²) in [6.07, 6.45) is -63.0. The molecule has 2 bridgehead atoms. The molecule has 0 heterocycles. The van der Waals surface area contributed by atoms with Crippen molar-refractivity contribution in [3.05, 3.63) is 48.6 Å². The van der Waals surface area contributed by atoms with E-state index in [0.717, 1.165) is 19.6 Å². The van der Waals surface area contributed by atoms with Gasteiger partial charge in [-0.1, -0.05) is 32.7 Å². The van der Waals surface area contributed by atoms with Crippen LogP contribution in [0.15, 0.2) is 48.6 Å². The van der Waals surface area contributed by atoms with E-state index in [0.29, 0.717) is 19.3 Å². The Morgan fingerprint density at radius 2 is 0.807 bits per heavy atom. The van der Waals surface area contributed by atoms with Crippen LogP contribution in [-0.4, -0.2) is 119 Å². The number of halogens is 30. The van der Waals surface area contributed by atoms with Crippen molar-refractivity contribution >= 4 is 17.9 Å². The van der Waals surface area contributed by atoms with Crippen LogP contribution in [0, 0.1) is 40.9 Å². The van der Waals surface area contributed by atoms with E-state index in [4.69, 9.17) is 10.4 Å². The molecule has 3 unspecified atom stereocenters. The number of nitriles is 1. The molecule has 83 heavy (non-hydrogen) atoms. The molecular weight excluding hydrogens is 1240 g/mol. The van der Waals surface area contributed by atoms with Crippen LogP contribution in [0.2, 0.25) is 0 Å². The van der Waals surface area contributed by atoms with Crippen molar-refractivity contribution in [2.45, 2.75) is 163 Å². The van der Waals surface area contributed by atoms with Gasteiger partial charge < -0.3 is 24.4 Å². The summed E-state index contributed by atoms with van der Waals surface area (Å²) in [5, 5.41) is 26.0. The number of esters is 3. The lowest BCUT2D eigenvalue weighted by Gasteiger charge is -2.47. The number of methoxy groups -OCH3 is 1. The molecule has 0 saturated heterocycles. The zero-order chi connectivity index (χ0) is 67.1. The Morgan fingerprint density at radius 3 is 1.02 bits per heavy atom. The Bertz CT molecular complexity index is 2250. The van der Waals surface area contributed by atoms with Gasteiger partial charge in [0.1, 0.15) is 34.0 Å². The number of allylic oxidation sites excluding steroid dienone is 1. The average molecular weight is 1290 g/mol. The fourth-order valence-corrected chi connectivity index (χ4v) is 7.84. The van der Waals surface area contributed by atoms with E-state index in [1.165, 1.54) is 20.8 Å². The number of carbonyl (C=O) groups is 3. The Kier molecular flexibility index (Phi) is 25.9. The SMILES string of the molecule is C=C(C#N)C(F)(F)F.C=C(C(=O)OC(C)(C)C)C(F)(F)F.C=C(C(=O)OC(C1CCC(C(O)(C(F)(F)F)C(F)(F)F)CC1)(C(F)(F)F)C(F)(F)F)C(F)(F)F.C=C(C(=O)OC)C(F)(F)F.OC(CC1CC2CCC1C2)(C(F)(F)F)C(F)(F)F. The molecule has 0 aliphatic heterocycles. The normalized spacial score (nSPS) is 20.4. The van der Waals surface area contributed by atoms with Gasteiger partial charge in [-0.05, 0) is 89.9 Å². The number of ether oxygens (including phenoxy) is 3. The van der Waals surface area contributed by atoms with Crippen molar-refractivity contribution in [1.82, 2.24) is 0 Å². The van der Waals surface area contributed by atoms with E-state index in [1.54, 1.807) is 0 Å². The van der Waals surface area contributed by atoms with Gasteiger partial charge in [0.15, 0.2) is 0 Å². The Labute approximate surface area is 447 Å². The smallest absolute Gasteiger partial charge is 0.437 e. The lowest BCUT2D eigenvalue weighted by Crippen LogP contribution is -2.66.